The van der Waals surface area contributed by atoms with E-state index in [9.17, 15) is 9.59 Å². The molecule has 4 nitrogen and oxygen atoms in total. The fraction of sp³-hybridized carbons (Fsp3) is 0.429. The number of ether oxygens (including phenoxy) is 1. The smallest absolute Gasteiger partial charge is 0.339 e. The molecule has 18 heavy (non-hydrogen) atoms. The standard InChI is InChI=1S/C14H18O4/c1-9(2)8-10(3)18-14(17)12-7-5-4-6-11(12)13(15)16/h4-7,9-10H,8H2,1-3H3,(H,15,16)/t10-/m1/s1. The second kappa shape index (κ2) is 6.19. The van der Waals surface area contributed by atoms with E-state index in [4.69, 9.17) is 9.84 Å². The molecule has 0 aliphatic heterocycles. The van der Waals surface area contributed by atoms with Gasteiger partial charge in [0.1, 0.15) is 0 Å². The molecule has 0 aliphatic rings. The van der Waals surface area contributed by atoms with Gasteiger partial charge < -0.3 is 9.84 Å². The molecule has 0 unspecified atom stereocenters. The van der Waals surface area contributed by atoms with Crippen molar-refractivity contribution in [2.24, 2.45) is 5.92 Å². The Morgan fingerprint density at radius 2 is 1.72 bits per heavy atom. The zero-order valence-electron chi connectivity index (χ0n) is 10.8. The van der Waals surface area contributed by atoms with Gasteiger partial charge in [0.05, 0.1) is 17.2 Å². The van der Waals surface area contributed by atoms with Crippen LogP contribution in [-0.2, 0) is 4.74 Å². The lowest BCUT2D eigenvalue weighted by molar-refractivity contribution is 0.0294. The van der Waals surface area contributed by atoms with Crippen molar-refractivity contribution < 1.29 is 19.4 Å². The van der Waals surface area contributed by atoms with Gasteiger partial charge in [0.25, 0.3) is 0 Å². The third kappa shape index (κ3) is 3.87. The molecule has 0 heterocycles. The van der Waals surface area contributed by atoms with Crippen LogP contribution in [0.15, 0.2) is 24.3 Å². The van der Waals surface area contributed by atoms with Crippen LogP contribution in [0.3, 0.4) is 0 Å². The van der Waals surface area contributed by atoms with E-state index < -0.39 is 11.9 Å². The SMILES string of the molecule is CC(C)C[C@@H](C)OC(=O)c1ccccc1C(=O)O. The Bertz CT molecular complexity index is 437. The van der Waals surface area contributed by atoms with Crippen molar-refractivity contribution in [1.82, 2.24) is 0 Å². The van der Waals surface area contributed by atoms with E-state index in [1.54, 1.807) is 19.1 Å². The van der Waals surface area contributed by atoms with E-state index in [1.165, 1.54) is 12.1 Å². The zero-order chi connectivity index (χ0) is 13.7. The molecule has 0 radical (unpaired) electrons. The van der Waals surface area contributed by atoms with Crippen LogP contribution in [0, 0.1) is 5.92 Å². The van der Waals surface area contributed by atoms with E-state index in [0.717, 1.165) is 6.42 Å². The molecular weight excluding hydrogens is 232 g/mol. The van der Waals surface area contributed by atoms with E-state index in [1.807, 2.05) is 13.8 Å². The first-order valence-corrected chi connectivity index (χ1v) is 5.95. The summed E-state index contributed by atoms with van der Waals surface area (Å²) in [4.78, 5) is 22.9. The lowest BCUT2D eigenvalue weighted by Crippen LogP contribution is -2.19. The number of aromatic carboxylic acids is 1. The molecule has 0 spiro atoms. The largest absolute Gasteiger partial charge is 0.478 e. The Kier molecular flexibility index (Phi) is 4.89. The quantitative estimate of drug-likeness (QED) is 0.816. The molecule has 1 aromatic rings. The van der Waals surface area contributed by atoms with E-state index in [2.05, 4.69) is 0 Å². The van der Waals surface area contributed by atoms with Crippen molar-refractivity contribution >= 4 is 11.9 Å². The van der Waals surface area contributed by atoms with Crippen LogP contribution in [0.2, 0.25) is 0 Å². The van der Waals surface area contributed by atoms with E-state index in [0.29, 0.717) is 5.92 Å². The summed E-state index contributed by atoms with van der Waals surface area (Å²) in [6.07, 6.45) is 0.528. The van der Waals surface area contributed by atoms with Crippen LogP contribution in [0.1, 0.15) is 47.9 Å². The van der Waals surface area contributed by atoms with Gasteiger partial charge in [-0.2, -0.15) is 0 Å². The summed E-state index contributed by atoms with van der Waals surface area (Å²) >= 11 is 0. The van der Waals surface area contributed by atoms with Crippen molar-refractivity contribution in [3.05, 3.63) is 35.4 Å². The Hall–Kier alpha value is -1.84. The van der Waals surface area contributed by atoms with Crippen LogP contribution < -0.4 is 0 Å². The van der Waals surface area contributed by atoms with Crippen molar-refractivity contribution in [3.63, 3.8) is 0 Å². The first kappa shape index (κ1) is 14.2. The summed E-state index contributed by atoms with van der Waals surface area (Å²) in [5.74, 6) is -1.29. The minimum absolute atomic E-state index is 0.0285. The second-order valence-electron chi connectivity index (χ2n) is 4.70. The molecule has 0 saturated heterocycles. The van der Waals surface area contributed by atoms with Crippen molar-refractivity contribution in [2.75, 3.05) is 0 Å². The number of hydrogen-bond donors (Lipinski definition) is 1. The average molecular weight is 250 g/mol. The predicted octanol–water partition coefficient (Wildman–Crippen LogP) is 2.98. The van der Waals surface area contributed by atoms with Crippen LogP contribution in [-0.4, -0.2) is 23.1 Å². The fourth-order valence-corrected chi connectivity index (χ4v) is 1.81. The number of hydrogen-bond acceptors (Lipinski definition) is 3. The average Bonchev–Trinajstić information content (AvgIpc) is 2.27. The Balaban J connectivity index is 2.81. The van der Waals surface area contributed by atoms with E-state index >= 15 is 0 Å². The minimum atomic E-state index is -1.13. The number of esters is 1. The van der Waals surface area contributed by atoms with Gasteiger partial charge in [-0.1, -0.05) is 26.0 Å². The summed E-state index contributed by atoms with van der Waals surface area (Å²) in [6, 6.07) is 6.06. The Morgan fingerprint density at radius 1 is 1.17 bits per heavy atom. The summed E-state index contributed by atoms with van der Waals surface area (Å²) in [5.41, 5.74) is 0.0693. The van der Waals surface area contributed by atoms with Crippen molar-refractivity contribution in [3.8, 4) is 0 Å². The molecule has 0 amide bonds. The number of carboxylic acids is 1. The Morgan fingerprint density at radius 3 is 2.22 bits per heavy atom. The molecular formula is C14H18O4. The maximum Gasteiger partial charge on any atom is 0.339 e. The van der Waals surface area contributed by atoms with Gasteiger partial charge >= 0.3 is 11.9 Å². The second-order valence-corrected chi connectivity index (χ2v) is 4.70. The molecule has 1 N–H and O–H groups in total. The van der Waals surface area contributed by atoms with Crippen LogP contribution in [0.5, 0.6) is 0 Å². The normalized spacial score (nSPS) is 12.2. The summed E-state index contributed by atoms with van der Waals surface area (Å²) < 4.78 is 5.24. The summed E-state index contributed by atoms with van der Waals surface area (Å²) in [6.45, 7) is 5.88. The van der Waals surface area contributed by atoms with Gasteiger partial charge in [-0.25, -0.2) is 9.59 Å². The minimum Gasteiger partial charge on any atom is -0.478 e. The number of carbonyl (C=O) groups excluding carboxylic acids is 1. The molecule has 4 heteroatoms. The number of carbonyl (C=O) groups is 2. The van der Waals surface area contributed by atoms with Crippen LogP contribution >= 0.6 is 0 Å². The van der Waals surface area contributed by atoms with Gasteiger partial charge in [-0.3, -0.25) is 0 Å². The highest BCUT2D eigenvalue weighted by Gasteiger charge is 2.19. The highest BCUT2D eigenvalue weighted by Crippen LogP contribution is 2.14. The van der Waals surface area contributed by atoms with Crippen LogP contribution in [0.25, 0.3) is 0 Å². The lowest BCUT2D eigenvalue weighted by atomic mass is 10.1. The lowest BCUT2D eigenvalue weighted by Gasteiger charge is -2.15. The molecule has 0 bridgehead atoms. The zero-order valence-corrected chi connectivity index (χ0v) is 10.8. The van der Waals surface area contributed by atoms with Crippen LogP contribution in [0.4, 0.5) is 0 Å². The van der Waals surface area contributed by atoms with Gasteiger partial charge in [0.2, 0.25) is 0 Å². The highest BCUT2D eigenvalue weighted by atomic mass is 16.5. The summed E-state index contributed by atoms with van der Waals surface area (Å²) in [7, 11) is 0. The van der Waals surface area contributed by atoms with Gasteiger partial charge in [0, 0.05) is 0 Å². The van der Waals surface area contributed by atoms with Gasteiger partial charge in [-0.15, -0.1) is 0 Å². The molecule has 1 atom stereocenters. The van der Waals surface area contributed by atoms with E-state index in [-0.39, 0.29) is 17.2 Å². The van der Waals surface area contributed by atoms with Gasteiger partial charge in [-0.05, 0) is 31.4 Å². The fourth-order valence-electron chi connectivity index (χ4n) is 1.81. The first-order valence-electron chi connectivity index (χ1n) is 5.95. The molecule has 98 valence electrons. The molecule has 1 rings (SSSR count). The van der Waals surface area contributed by atoms with Gasteiger partial charge in [0.15, 0.2) is 0 Å². The first-order chi connectivity index (χ1) is 8.41. The third-order valence-electron chi connectivity index (χ3n) is 2.49. The predicted molar refractivity (Wildman–Crippen MR) is 67.7 cm³/mol. The maximum atomic E-state index is 11.9. The third-order valence-corrected chi connectivity index (χ3v) is 2.49. The Labute approximate surface area is 107 Å². The topological polar surface area (TPSA) is 63.6 Å². The number of rotatable bonds is 5. The number of carboxylic acid groups (broad SMARTS) is 1. The monoisotopic (exact) mass is 250 g/mol. The summed E-state index contributed by atoms with van der Waals surface area (Å²) in [5, 5.41) is 8.99. The van der Waals surface area contributed by atoms with Crippen molar-refractivity contribution in [1.29, 1.82) is 0 Å². The number of benzene rings is 1. The maximum absolute atomic E-state index is 11.9. The molecule has 0 fully saturated rings. The van der Waals surface area contributed by atoms with Crippen molar-refractivity contribution in [2.45, 2.75) is 33.3 Å². The molecule has 0 aromatic heterocycles. The molecule has 0 aliphatic carbocycles. The molecule has 1 aromatic carbocycles. The highest BCUT2D eigenvalue weighted by molar-refractivity contribution is 6.02. The molecule has 0 saturated carbocycles.